The van der Waals surface area contributed by atoms with Crippen LogP contribution in [0.15, 0.2) is 41.3 Å². The number of fused-ring (bicyclic) bond motifs is 3. The molecular weight excluding hydrogens is 212 g/mol. The molecule has 0 fully saturated rings. The minimum Gasteiger partial charge on any atom is -0.319 e. The quantitative estimate of drug-likeness (QED) is 0.618. The zero-order valence-corrected chi connectivity index (χ0v) is 8.45. The fourth-order valence-electron chi connectivity index (χ4n) is 1.78. The molecule has 3 nitrogen and oxygen atoms in total. The van der Waals surface area contributed by atoms with Crippen molar-refractivity contribution in [1.29, 1.82) is 0 Å². The molecule has 1 N–H and O–H groups in total. The van der Waals surface area contributed by atoms with Gasteiger partial charge in [-0.25, -0.2) is 0 Å². The molecule has 0 atom stereocenters. The molecule has 0 unspecified atom stereocenters. The first kappa shape index (κ1) is 8.56. The van der Waals surface area contributed by atoms with E-state index in [0.29, 0.717) is 10.5 Å². The van der Waals surface area contributed by atoms with Crippen molar-refractivity contribution in [1.82, 2.24) is 9.38 Å². The van der Waals surface area contributed by atoms with Gasteiger partial charge in [-0.15, -0.1) is 0 Å². The van der Waals surface area contributed by atoms with Crippen LogP contribution in [0.5, 0.6) is 0 Å². The van der Waals surface area contributed by atoms with Gasteiger partial charge in [0, 0.05) is 6.20 Å². The van der Waals surface area contributed by atoms with Crippen molar-refractivity contribution in [3.8, 4) is 0 Å². The van der Waals surface area contributed by atoms with Gasteiger partial charge in [-0.05, 0) is 18.2 Å². The molecule has 0 aliphatic rings. The summed E-state index contributed by atoms with van der Waals surface area (Å²) in [5, 5.41) is 0.567. The normalized spacial score (nSPS) is 11.3. The molecule has 0 radical (unpaired) electrons. The van der Waals surface area contributed by atoms with Gasteiger partial charge in [0.2, 0.25) is 0 Å². The van der Waals surface area contributed by atoms with E-state index in [1.54, 1.807) is 16.7 Å². The summed E-state index contributed by atoms with van der Waals surface area (Å²) in [7, 11) is 0. The highest BCUT2D eigenvalue weighted by Crippen LogP contribution is 2.17. The molecule has 3 aromatic rings. The van der Waals surface area contributed by atoms with Crippen molar-refractivity contribution in [2.24, 2.45) is 0 Å². The van der Waals surface area contributed by atoms with Crippen LogP contribution in [0.25, 0.3) is 16.6 Å². The number of para-hydroxylation sites is 2. The smallest absolute Gasteiger partial charge is 0.272 e. The van der Waals surface area contributed by atoms with Crippen molar-refractivity contribution >= 4 is 28.2 Å². The second-order valence-corrected chi connectivity index (χ2v) is 3.82. The molecule has 74 valence electrons. The molecular formula is C11H7ClN2O. The number of hydrogen-bond donors (Lipinski definition) is 1. The number of hydrogen-bond acceptors (Lipinski definition) is 1. The van der Waals surface area contributed by atoms with Gasteiger partial charge in [0.25, 0.3) is 5.56 Å². The fraction of sp³-hybridized carbons (Fsp3) is 0. The molecule has 2 heterocycles. The molecule has 0 amide bonds. The zero-order valence-electron chi connectivity index (χ0n) is 7.70. The van der Waals surface area contributed by atoms with Gasteiger partial charge < -0.3 is 9.38 Å². The number of H-pyrrole nitrogens is 1. The van der Waals surface area contributed by atoms with E-state index in [2.05, 4.69) is 4.98 Å². The summed E-state index contributed by atoms with van der Waals surface area (Å²) in [6, 6.07) is 9.27. The number of halogens is 1. The summed E-state index contributed by atoms with van der Waals surface area (Å²) in [6.07, 6.45) is 1.74. The maximum absolute atomic E-state index is 11.7. The number of aromatic nitrogens is 2. The average molecular weight is 219 g/mol. The van der Waals surface area contributed by atoms with Crippen molar-refractivity contribution in [3.05, 3.63) is 51.9 Å². The lowest BCUT2D eigenvalue weighted by Gasteiger charge is -2.00. The van der Waals surface area contributed by atoms with Crippen LogP contribution in [0, 0.1) is 0 Å². The Morgan fingerprint density at radius 2 is 2.00 bits per heavy atom. The second-order valence-electron chi connectivity index (χ2n) is 3.38. The Hall–Kier alpha value is -1.74. The molecule has 1 aromatic carbocycles. The number of nitrogens with one attached hydrogen (secondary N) is 1. The SMILES string of the molecule is O=c1[nH]c2ccccc2n2cc(Cl)cc12. The van der Waals surface area contributed by atoms with E-state index in [9.17, 15) is 4.79 Å². The van der Waals surface area contributed by atoms with E-state index in [4.69, 9.17) is 11.6 Å². The van der Waals surface area contributed by atoms with Crippen LogP contribution >= 0.6 is 11.6 Å². The highest BCUT2D eigenvalue weighted by molar-refractivity contribution is 6.31. The van der Waals surface area contributed by atoms with Gasteiger partial charge in [-0.3, -0.25) is 4.79 Å². The summed E-state index contributed by atoms with van der Waals surface area (Å²) in [5.41, 5.74) is 2.19. The molecule has 2 aromatic heterocycles. The van der Waals surface area contributed by atoms with Crippen LogP contribution < -0.4 is 5.56 Å². The van der Waals surface area contributed by atoms with Gasteiger partial charge in [-0.2, -0.15) is 0 Å². The summed E-state index contributed by atoms with van der Waals surface area (Å²) in [6.45, 7) is 0. The van der Waals surface area contributed by atoms with Crippen molar-refractivity contribution in [2.45, 2.75) is 0 Å². The molecule has 0 bridgehead atoms. The first-order valence-corrected chi connectivity index (χ1v) is 4.92. The van der Waals surface area contributed by atoms with E-state index in [1.807, 2.05) is 24.3 Å². The Morgan fingerprint density at radius 1 is 1.20 bits per heavy atom. The molecule has 0 aliphatic carbocycles. The first-order chi connectivity index (χ1) is 7.25. The number of aromatic amines is 1. The maximum atomic E-state index is 11.7. The van der Waals surface area contributed by atoms with Crippen LogP contribution in [-0.2, 0) is 0 Å². The van der Waals surface area contributed by atoms with Gasteiger partial charge in [0.1, 0.15) is 5.52 Å². The maximum Gasteiger partial charge on any atom is 0.272 e. The third kappa shape index (κ3) is 1.17. The summed E-state index contributed by atoms with van der Waals surface area (Å²) in [4.78, 5) is 14.5. The Bertz CT molecular complexity index is 711. The highest BCUT2D eigenvalue weighted by Gasteiger charge is 2.05. The van der Waals surface area contributed by atoms with Crippen LogP contribution in [0.2, 0.25) is 5.02 Å². The zero-order chi connectivity index (χ0) is 10.4. The van der Waals surface area contributed by atoms with Gasteiger partial charge in [-0.1, -0.05) is 23.7 Å². The Morgan fingerprint density at radius 3 is 2.87 bits per heavy atom. The number of rotatable bonds is 0. The lowest BCUT2D eigenvalue weighted by molar-refractivity contribution is 1.19. The minimum absolute atomic E-state index is 0.124. The number of nitrogens with zero attached hydrogens (tertiary/aromatic N) is 1. The molecule has 15 heavy (non-hydrogen) atoms. The van der Waals surface area contributed by atoms with Crippen LogP contribution in [0.1, 0.15) is 0 Å². The van der Waals surface area contributed by atoms with Crippen LogP contribution in [0.4, 0.5) is 0 Å². The van der Waals surface area contributed by atoms with Crippen molar-refractivity contribution in [2.75, 3.05) is 0 Å². The van der Waals surface area contributed by atoms with Crippen LogP contribution in [-0.4, -0.2) is 9.38 Å². The van der Waals surface area contributed by atoms with Gasteiger partial charge in [0.15, 0.2) is 0 Å². The first-order valence-electron chi connectivity index (χ1n) is 4.54. The molecule has 4 heteroatoms. The minimum atomic E-state index is -0.124. The molecule has 0 saturated heterocycles. The van der Waals surface area contributed by atoms with Crippen LogP contribution in [0.3, 0.4) is 0 Å². The van der Waals surface area contributed by atoms with Gasteiger partial charge in [0.05, 0.1) is 16.1 Å². The van der Waals surface area contributed by atoms with E-state index in [1.165, 1.54) is 0 Å². The van der Waals surface area contributed by atoms with Crippen molar-refractivity contribution in [3.63, 3.8) is 0 Å². The fourth-order valence-corrected chi connectivity index (χ4v) is 1.98. The summed E-state index contributed by atoms with van der Waals surface area (Å²) in [5.74, 6) is 0. The summed E-state index contributed by atoms with van der Waals surface area (Å²) < 4.78 is 1.80. The third-order valence-corrected chi connectivity index (χ3v) is 2.64. The predicted octanol–water partition coefficient (Wildman–Crippen LogP) is 2.43. The lowest BCUT2D eigenvalue weighted by atomic mass is 10.3. The predicted molar refractivity (Wildman–Crippen MR) is 60.5 cm³/mol. The van der Waals surface area contributed by atoms with E-state index >= 15 is 0 Å². The monoisotopic (exact) mass is 218 g/mol. The number of benzene rings is 1. The molecule has 0 spiro atoms. The Kier molecular flexibility index (Phi) is 1.64. The molecule has 0 saturated carbocycles. The van der Waals surface area contributed by atoms with Gasteiger partial charge >= 0.3 is 0 Å². The third-order valence-electron chi connectivity index (χ3n) is 2.43. The summed E-state index contributed by atoms with van der Waals surface area (Å²) >= 11 is 5.88. The van der Waals surface area contributed by atoms with Crippen molar-refractivity contribution < 1.29 is 0 Å². The highest BCUT2D eigenvalue weighted by atomic mass is 35.5. The Labute approximate surface area is 89.9 Å². The van der Waals surface area contributed by atoms with E-state index in [0.717, 1.165) is 11.0 Å². The lowest BCUT2D eigenvalue weighted by Crippen LogP contribution is -2.09. The molecule has 0 aliphatic heterocycles. The second kappa shape index (κ2) is 2.87. The largest absolute Gasteiger partial charge is 0.319 e. The Balaban J connectivity index is 2.69. The van der Waals surface area contributed by atoms with E-state index in [-0.39, 0.29) is 5.56 Å². The average Bonchev–Trinajstić information content (AvgIpc) is 2.61. The topological polar surface area (TPSA) is 37.3 Å². The molecule has 3 rings (SSSR count). The van der Waals surface area contributed by atoms with E-state index < -0.39 is 0 Å². The standard InChI is InChI=1S/C11H7ClN2O/c12-7-5-10-11(15)13-8-3-1-2-4-9(8)14(10)6-7/h1-6H,(H,13,15).